The Bertz CT molecular complexity index is 1010. The van der Waals surface area contributed by atoms with E-state index in [0.717, 1.165) is 22.0 Å². The van der Waals surface area contributed by atoms with Crippen molar-refractivity contribution in [1.82, 2.24) is 4.98 Å². The fraction of sp³-hybridized carbons (Fsp3) is 0.381. The number of amides is 1. The van der Waals surface area contributed by atoms with E-state index in [1.807, 2.05) is 32.2 Å². The number of hydrogen-bond acceptors (Lipinski definition) is 4. The van der Waals surface area contributed by atoms with Crippen molar-refractivity contribution in [2.45, 2.75) is 37.9 Å². The number of hydrogen-bond donors (Lipinski definition) is 4. The van der Waals surface area contributed by atoms with Crippen LogP contribution in [0.25, 0.3) is 22.2 Å². The lowest BCUT2D eigenvalue weighted by molar-refractivity contribution is 0.100. The van der Waals surface area contributed by atoms with Crippen molar-refractivity contribution in [3.05, 3.63) is 47.9 Å². The van der Waals surface area contributed by atoms with Gasteiger partial charge in [0.15, 0.2) is 0 Å². The molecule has 1 aromatic carbocycles. The first-order valence-corrected chi connectivity index (χ1v) is 11.3. The molecule has 3 heterocycles. The number of benzene rings is 1. The Balaban J connectivity index is 1.81. The van der Waals surface area contributed by atoms with E-state index in [-0.39, 0.29) is 17.1 Å². The second-order valence-electron chi connectivity index (χ2n) is 7.96. The fourth-order valence-electron chi connectivity index (χ4n) is 4.38. The van der Waals surface area contributed by atoms with Gasteiger partial charge in [0.05, 0.1) is 22.6 Å². The molecule has 1 amide bonds. The number of nitrogens with two attached hydrogens (primary N) is 1. The molecule has 150 valence electrons. The minimum atomic E-state index is -2.56. The molecule has 2 unspecified atom stereocenters. The van der Waals surface area contributed by atoms with Gasteiger partial charge in [-0.15, -0.1) is 0 Å². The molecule has 0 aliphatic carbocycles. The highest BCUT2D eigenvalue weighted by molar-refractivity contribution is 8.24. The second kappa shape index (κ2) is 6.99. The zero-order valence-electron chi connectivity index (χ0n) is 16.0. The Morgan fingerprint density at radius 3 is 2.79 bits per heavy atom. The van der Waals surface area contributed by atoms with Crippen molar-refractivity contribution in [3.63, 3.8) is 0 Å². The maximum Gasteiger partial charge on any atom is 0.250 e. The van der Waals surface area contributed by atoms with Crippen LogP contribution in [0.4, 0.5) is 0 Å². The van der Waals surface area contributed by atoms with Gasteiger partial charge in [-0.25, -0.2) is 0 Å². The number of nitrogens with one attached hydrogen (secondary N) is 1. The highest BCUT2D eigenvalue weighted by Crippen LogP contribution is 2.56. The van der Waals surface area contributed by atoms with Gasteiger partial charge in [-0.05, 0) is 54.5 Å². The summed E-state index contributed by atoms with van der Waals surface area (Å²) >= 11 is 0. The third-order valence-corrected chi connectivity index (χ3v) is 8.39. The number of H-pyrrole nitrogens is 1. The monoisotopic (exact) mass is 402 g/mol. The second-order valence-corrected chi connectivity index (χ2v) is 10.4. The number of primary amides is 1. The summed E-state index contributed by atoms with van der Waals surface area (Å²) in [5.74, 6) is 0.971. The average molecular weight is 403 g/mol. The first-order valence-electron chi connectivity index (χ1n) is 9.51. The van der Waals surface area contributed by atoms with Gasteiger partial charge in [0.2, 0.25) is 0 Å². The molecule has 1 fully saturated rings. The lowest BCUT2D eigenvalue weighted by Gasteiger charge is -2.48. The molecule has 6 nitrogen and oxygen atoms in total. The molecule has 0 spiro atoms. The SMILES string of the molecule is CC(C)C1CC(c2c[nH]c3c(C(N)=O)cc(-c4ccco4)cc23)CCS1(O)O. The summed E-state index contributed by atoms with van der Waals surface area (Å²) in [4.78, 5) is 15.3. The van der Waals surface area contributed by atoms with E-state index in [1.54, 1.807) is 18.4 Å². The zero-order chi connectivity index (χ0) is 20.1. The minimum Gasteiger partial charge on any atom is -0.464 e. The molecule has 28 heavy (non-hydrogen) atoms. The van der Waals surface area contributed by atoms with E-state index in [1.165, 1.54) is 0 Å². The van der Waals surface area contributed by atoms with E-state index in [0.29, 0.717) is 29.9 Å². The number of aromatic nitrogens is 1. The van der Waals surface area contributed by atoms with Crippen LogP contribution in [0.2, 0.25) is 0 Å². The lowest BCUT2D eigenvalue weighted by atomic mass is 9.87. The summed E-state index contributed by atoms with van der Waals surface area (Å²) in [7, 11) is -2.56. The van der Waals surface area contributed by atoms with Crippen LogP contribution in [0, 0.1) is 5.92 Å². The molecule has 1 saturated heterocycles. The molecular formula is C21H26N2O4S. The molecule has 2 atom stereocenters. The van der Waals surface area contributed by atoms with Crippen molar-refractivity contribution in [2.75, 3.05) is 5.75 Å². The molecule has 1 aliphatic heterocycles. The van der Waals surface area contributed by atoms with Crippen LogP contribution in [0.1, 0.15) is 48.5 Å². The van der Waals surface area contributed by atoms with Crippen LogP contribution in [-0.4, -0.2) is 31.0 Å². The number of aromatic amines is 1. The first kappa shape index (κ1) is 19.1. The Labute approximate surface area is 165 Å². The molecule has 0 saturated carbocycles. The van der Waals surface area contributed by atoms with Crippen LogP contribution < -0.4 is 5.73 Å². The predicted octanol–water partition coefficient (Wildman–Crippen LogP) is 5.18. The molecular weight excluding hydrogens is 376 g/mol. The molecule has 0 radical (unpaired) electrons. The number of furan rings is 1. The zero-order valence-corrected chi connectivity index (χ0v) is 16.8. The van der Waals surface area contributed by atoms with Gasteiger partial charge in [-0.1, -0.05) is 13.8 Å². The highest BCUT2D eigenvalue weighted by atomic mass is 32.3. The topological polar surface area (TPSA) is 112 Å². The summed E-state index contributed by atoms with van der Waals surface area (Å²) < 4.78 is 26.5. The third-order valence-electron chi connectivity index (χ3n) is 5.84. The maximum absolute atomic E-state index is 12.1. The van der Waals surface area contributed by atoms with Gasteiger partial charge in [0, 0.05) is 22.9 Å². The predicted molar refractivity (Wildman–Crippen MR) is 113 cm³/mol. The van der Waals surface area contributed by atoms with Crippen molar-refractivity contribution < 1.29 is 18.3 Å². The van der Waals surface area contributed by atoms with Crippen molar-refractivity contribution in [3.8, 4) is 11.3 Å². The summed E-state index contributed by atoms with van der Waals surface area (Å²) in [6.45, 7) is 4.08. The Morgan fingerprint density at radius 2 is 2.14 bits per heavy atom. The summed E-state index contributed by atoms with van der Waals surface area (Å²) in [5.41, 5.74) is 8.67. The lowest BCUT2D eigenvalue weighted by Crippen LogP contribution is -2.32. The molecule has 7 heteroatoms. The molecule has 1 aliphatic rings. The Morgan fingerprint density at radius 1 is 1.36 bits per heavy atom. The summed E-state index contributed by atoms with van der Waals surface area (Å²) in [6.07, 6.45) is 4.95. The quantitative estimate of drug-likeness (QED) is 0.481. The molecule has 0 bridgehead atoms. The van der Waals surface area contributed by atoms with Crippen molar-refractivity contribution in [2.24, 2.45) is 11.7 Å². The molecule has 5 N–H and O–H groups in total. The van der Waals surface area contributed by atoms with Gasteiger partial charge < -0.3 is 15.1 Å². The molecule has 3 aromatic rings. The number of carbonyl (C=O) groups excluding carboxylic acids is 1. The van der Waals surface area contributed by atoms with Crippen LogP contribution in [0.15, 0.2) is 41.1 Å². The van der Waals surface area contributed by atoms with Crippen LogP contribution >= 0.6 is 10.6 Å². The van der Waals surface area contributed by atoms with Crippen molar-refractivity contribution in [1.29, 1.82) is 0 Å². The van der Waals surface area contributed by atoms with E-state index < -0.39 is 16.5 Å². The average Bonchev–Trinajstić information content (AvgIpc) is 3.30. The van der Waals surface area contributed by atoms with Gasteiger partial charge in [-0.2, -0.15) is 10.6 Å². The van der Waals surface area contributed by atoms with Crippen LogP contribution in [0.5, 0.6) is 0 Å². The van der Waals surface area contributed by atoms with Gasteiger partial charge >= 0.3 is 0 Å². The molecule has 2 aromatic heterocycles. The van der Waals surface area contributed by atoms with E-state index in [9.17, 15) is 13.9 Å². The maximum atomic E-state index is 12.1. The van der Waals surface area contributed by atoms with E-state index >= 15 is 0 Å². The van der Waals surface area contributed by atoms with Gasteiger partial charge in [-0.3, -0.25) is 13.9 Å². The fourth-order valence-corrected chi connectivity index (χ4v) is 6.73. The van der Waals surface area contributed by atoms with Crippen molar-refractivity contribution >= 4 is 27.4 Å². The standard InChI is InChI=1S/C21H26N2O4S/c1-12(2)19-10-13(5-7-28(19,25)26)17-11-23-20-15(17)8-14(9-16(20)21(22)24)18-4-3-6-27-18/h3-4,6,8-9,11-13,19,23,25-26H,5,7,10H2,1-2H3,(H2,22,24). The summed E-state index contributed by atoms with van der Waals surface area (Å²) in [5, 5.41) is 0.814. The molecule has 4 rings (SSSR count). The highest BCUT2D eigenvalue weighted by Gasteiger charge is 2.37. The first-order chi connectivity index (χ1) is 13.3. The van der Waals surface area contributed by atoms with E-state index in [4.69, 9.17) is 10.2 Å². The van der Waals surface area contributed by atoms with Gasteiger partial charge in [0.25, 0.3) is 5.91 Å². The normalized spacial score (nSPS) is 23.2. The smallest absolute Gasteiger partial charge is 0.250 e. The minimum absolute atomic E-state index is 0.125. The number of fused-ring (bicyclic) bond motifs is 1. The van der Waals surface area contributed by atoms with Gasteiger partial charge in [0.1, 0.15) is 5.76 Å². The largest absolute Gasteiger partial charge is 0.464 e. The number of carbonyl (C=O) groups is 1. The Kier molecular flexibility index (Phi) is 4.77. The van der Waals surface area contributed by atoms with Crippen LogP contribution in [-0.2, 0) is 0 Å². The van der Waals surface area contributed by atoms with Crippen LogP contribution in [0.3, 0.4) is 0 Å². The number of rotatable bonds is 4. The Hall–Kier alpha value is -2.22. The summed E-state index contributed by atoms with van der Waals surface area (Å²) in [6, 6.07) is 7.42. The van der Waals surface area contributed by atoms with E-state index in [2.05, 4.69) is 4.98 Å². The third kappa shape index (κ3) is 3.23.